The molecule has 0 radical (unpaired) electrons. The van der Waals surface area contributed by atoms with E-state index in [9.17, 15) is 8.42 Å². The number of hydrogen-bond acceptors (Lipinski definition) is 2. The molecule has 1 aromatic carbocycles. The van der Waals surface area contributed by atoms with Crippen molar-refractivity contribution in [1.29, 1.82) is 0 Å². The lowest BCUT2D eigenvalue weighted by molar-refractivity contribution is 0.368. The first-order valence-corrected chi connectivity index (χ1v) is 8.67. The lowest BCUT2D eigenvalue weighted by atomic mass is 10.1. The van der Waals surface area contributed by atoms with Gasteiger partial charge in [0.2, 0.25) is 10.0 Å². The third kappa shape index (κ3) is 3.30. The quantitative estimate of drug-likeness (QED) is 0.783. The van der Waals surface area contributed by atoms with Crippen molar-refractivity contribution in [2.24, 2.45) is 0 Å². The zero-order chi connectivity index (χ0) is 13.9. The molecule has 3 nitrogen and oxygen atoms in total. The lowest BCUT2D eigenvalue weighted by Crippen LogP contribution is -2.35. The third-order valence-corrected chi connectivity index (χ3v) is 5.85. The first kappa shape index (κ1) is 14.8. The summed E-state index contributed by atoms with van der Waals surface area (Å²) in [4.78, 5) is 0.399. The molecule has 106 valence electrons. The first-order chi connectivity index (χ1) is 9.05. The standard InChI is InChI=1S/C14H20ClNO2S/c1-12-6-8-14(9-7-12)19(17,18)16-11-3-5-13(16)4-2-10-15/h6-9,13H,2-5,10-11H2,1H3/t13-/m1/s1. The van der Waals surface area contributed by atoms with Crippen LogP contribution in [0.3, 0.4) is 0 Å². The predicted molar refractivity (Wildman–Crippen MR) is 78.0 cm³/mol. The number of nitrogens with zero attached hydrogens (tertiary/aromatic N) is 1. The molecule has 1 aliphatic rings. The van der Waals surface area contributed by atoms with Gasteiger partial charge in [0.05, 0.1) is 4.90 Å². The van der Waals surface area contributed by atoms with E-state index in [1.54, 1.807) is 16.4 Å². The molecule has 1 aliphatic heterocycles. The maximum absolute atomic E-state index is 12.6. The molecule has 1 atom stereocenters. The van der Waals surface area contributed by atoms with Crippen LogP contribution >= 0.6 is 11.6 Å². The van der Waals surface area contributed by atoms with Gasteiger partial charge in [-0.1, -0.05) is 17.7 Å². The molecule has 0 saturated carbocycles. The summed E-state index contributed by atoms with van der Waals surface area (Å²) in [5.74, 6) is 0.592. The van der Waals surface area contributed by atoms with Crippen LogP contribution in [0.1, 0.15) is 31.2 Å². The fourth-order valence-electron chi connectivity index (χ4n) is 2.57. The van der Waals surface area contributed by atoms with E-state index in [1.807, 2.05) is 19.1 Å². The zero-order valence-electron chi connectivity index (χ0n) is 11.2. The second kappa shape index (κ2) is 6.25. The van der Waals surface area contributed by atoms with E-state index in [0.29, 0.717) is 17.3 Å². The van der Waals surface area contributed by atoms with Crippen molar-refractivity contribution in [1.82, 2.24) is 4.31 Å². The van der Waals surface area contributed by atoms with E-state index < -0.39 is 10.0 Å². The van der Waals surface area contributed by atoms with Gasteiger partial charge in [0.1, 0.15) is 0 Å². The molecular weight excluding hydrogens is 282 g/mol. The summed E-state index contributed by atoms with van der Waals surface area (Å²) in [5.41, 5.74) is 1.07. The Kier molecular flexibility index (Phi) is 4.87. The van der Waals surface area contributed by atoms with Crippen molar-refractivity contribution in [3.8, 4) is 0 Å². The molecule has 0 unspecified atom stereocenters. The maximum Gasteiger partial charge on any atom is 0.243 e. The molecule has 1 aromatic rings. The molecule has 2 rings (SSSR count). The van der Waals surface area contributed by atoms with Crippen molar-refractivity contribution >= 4 is 21.6 Å². The van der Waals surface area contributed by atoms with Crippen LogP contribution in [0.2, 0.25) is 0 Å². The minimum atomic E-state index is -3.34. The number of rotatable bonds is 5. The summed E-state index contributed by atoms with van der Waals surface area (Å²) in [6.45, 7) is 2.58. The minimum absolute atomic E-state index is 0.116. The SMILES string of the molecule is Cc1ccc(S(=O)(=O)N2CCC[C@H]2CCCCl)cc1. The summed E-state index contributed by atoms with van der Waals surface area (Å²) < 4.78 is 26.9. The van der Waals surface area contributed by atoms with Gasteiger partial charge >= 0.3 is 0 Å². The number of benzene rings is 1. The number of alkyl halides is 1. The minimum Gasteiger partial charge on any atom is -0.207 e. The van der Waals surface area contributed by atoms with Gasteiger partial charge in [-0.05, 0) is 44.7 Å². The predicted octanol–water partition coefficient (Wildman–Crippen LogP) is 3.17. The summed E-state index contributed by atoms with van der Waals surface area (Å²) in [6.07, 6.45) is 3.61. The average Bonchev–Trinajstić information content (AvgIpc) is 2.86. The van der Waals surface area contributed by atoms with Gasteiger partial charge in [-0.25, -0.2) is 8.42 Å². The van der Waals surface area contributed by atoms with Crippen LogP contribution in [0.25, 0.3) is 0 Å². The number of hydrogen-bond donors (Lipinski definition) is 0. The molecule has 0 aliphatic carbocycles. The van der Waals surface area contributed by atoms with Crippen LogP contribution in [0.5, 0.6) is 0 Å². The van der Waals surface area contributed by atoms with Gasteiger partial charge in [-0.15, -0.1) is 11.6 Å². The molecule has 0 aromatic heterocycles. The Hall–Kier alpha value is -0.580. The van der Waals surface area contributed by atoms with E-state index >= 15 is 0 Å². The van der Waals surface area contributed by atoms with Gasteiger partial charge in [-0.3, -0.25) is 0 Å². The molecule has 1 fully saturated rings. The Morgan fingerprint density at radius 1 is 1.32 bits per heavy atom. The Morgan fingerprint density at radius 2 is 2.00 bits per heavy atom. The molecule has 19 heavy (non-hydrogen) atoms. The summed E-state index contributed by atoms with van der Waals surface area (Å²) in [6, 6.07) is 7.20. The average molecular weight is 302 g/mol. The van der Waals surface area contributed by atoms with Crippen LogP contribution in [0.4, 0.5) is 0 Å². The van der Waals surface area contributed by atoms with Gasteiger partial charge in [0, 0.05) is 18.5 Å². The topological polar surface area (TPSA) is 37.4 Å². The maximum atomic E-state index is 12.6. The molecular formula is C14H20ClNO2S. The van der Waals surface area contributed by atoms with Crippen molar-refractivity contribution in [3.05, 3.63) is 29.8 Å². The van der Waals surface area contributed by atoms with E-state index in [0.717, 1.165) is 31.2 Å². The van der Waals surface area contributed by atoms with Crippen molar-refractivity contribution in [2.45, 2.75) is 43.5 Å². The summed E-state index contributed by atoms with van der Waals surface area (Å²) >= 11 is 5.71. The van der Waals surface area contributed by atoms with Crippen molar-refractivity contribution < 1.29 is 8.42 Å². The Labute approximate surface area is 120 Å². The highest BCUT2D eigenvalue weighted by molar-refractivity contribution is 7.89. The number of halogens is 1. The highest BCUT2D eigenvalue weighted by Gasteiger charge is 2.34. The van der Waals surface area contributed by atoms with Gasteiger partial charge < -0.3 is 0 Å². The Bertz CT molecular complexity index is 513. The van der Waals surface area contributed by atoms with Gasteiger partial charge in [0.15, 0.2) is 0 Å². The number of sulfonamides is 1. The van der Waals surface area contributed by atoms with Crippen LogP contribution in [0.15, 0.2) is 29.2 Å². The monoisotopic (exact) mass is 301 g/mol. The summed E-state index contributed by atoms with van der Waals surface area (Å²) in [7, 11) is -3.34. The zero-order valence-corrected chi connectivity index (χ0v) is 12.8. The Balaban J connectivity index is 2.21. The Morgan fingerprint density at radius 3 is 2.63 bits per heavy atom. The molecule has 0 N–H and O–H groups in total. The highest BCUT2D eigenvalue weighted by atomic mass is 35.5. The molecule has 1 saturated heterocycles. The second-order valence-corrected chi connectivity index (χ2v) is 7.32. The number of aryl methyl sites for hydroxylation is 1. The fourth-order valence-corrected chi connectivity index (χ4v) is 4.45. The molecule has 0 spiro atoms. The largest absolute Gasteiger partial charge is 0.243 e. The second-order valence-electron chi connectivity index (χ2n) is 5.06. The highest BCUT2D eigenvalue weighted by Crippen LogP contribution is 2.28. The van der Waals surface area contributed by atoms with Gasteiger partial charge in [-0.2, -0.15) is 4.31 Å². The molecule has 0 amide bonds. The normalized spacial score (nSPS) is 20.8. The van der Waals surface area contributed by atoms with Crippen molar-refractivity contribution in [3.63, 3.8) is 0 Å². The van der Waals surface area contributed by atoms with Crippen LogP contribution < -0.4 is 0 Å². The van der Waals surface area contributed by atoms with Crippen LogP contribution in [0, 0.1) is 6.92 Å². The van der Waals surface area contributed by atoms with Crippen LogP contribution in [-0.4, -0.2) is 31.2 Å². The lowest BCUT2D eigenvalue weighted by Gasteiger charge is -2.24. The third-order valence-electron chi connectivity index (χ3n) is 3.62. The van der Waals surface area contributed by atoms with E-state index in [-0.39, 0.29) is 6.04 Å². The van der Waals surface area contributed by atoms with Crippen molar-refractivity contribution in [2.75, 3.05) is 12.4 Å². The van der Waals surface area contributed by atoms with Gasteiger partial charge in [0.25, 0.3) is 0 Å². The van der Waals surface area contributed by atoms with E-state index in [2.05, 4.69) is 0 Å². The smallest absolute Gasteiger partial charge is 0.207 e. The molecule has 5 heteroatoms. The fraction of sp³-hybridized carbons (Fsp3) is 0.571. The molecule has 1 heterocycles. The molecule has 0 bridgehead atoms. The first-order valence-electron chi connectivity index (χ1n) is 6.70. The van der Waals surface area contributed by atoms with E-state index in [4.69, 9.17) is 11.6 Å². The summed E-state index contributed by atoms with van der Waals surface area (Å²) in [5, 5.41) is 0. The van der Waals surface area contributed by atoms with Crippen LogP contribution in [-0.2, 0) is 10.0 Å². The van der Waals surface area contributed by atoms with E-state index in [1.165, 1.54) is 0 Å².